The zero-order chi connectivity index (χ0) is 33.2. The number of allylic oxidation sites excluding steroid dienone is 5. The van der Waals surface area contributed by atoms with Gasteiger partial charge in [-0.2, -0.15) is 0 Å². The number of rotatable bonds is 7. The number of hydrogen-bond acceptors (Lipinski definition) is 3. The second kappa shape index (κ2) is 13.0. The molecule has 0 aliphatic rings. The molecule has 0 bridgehead atoms. The second-order valence-electron chi connectivity index (χ2n) is 12.0. The van der Waals surface area contributed by atoms with Gasteiger partial charge in [-0.1, -0.05) is 158 Å². The summed E-state index contributed by atoms with van der Waals surface area (Å²) < 4.78 is 0. The SMILES string of the molecule is C=C/C=C\C(=C/C)c1nc(-c2ccccc2)nc(-c2cccc(-c3cccc(-c4ccc5c6ccccc6c6ccccc6c5c4)c3)c2)n1. The minimum Gasteiger partial charge on any atom is -0.208 e. The third kappa shape index (κ3) is 5.72. The quantitative estimate of drug-likeness (QED) is 0.130. The highest BCUT2D eigenvalue weighted by atomic mass is 15.0. The third-order valence-corrected chi connectivity index (χ3v) is 9.04. The summed E-state index contributed by atoms with van der Waals surface area (Å²) in [6.45, 7) is 5.81. The van der Waals surface area contributed by atoms with Crippen LogP contribution in [0.1, 0.15) is 12.7 Å². The van der Waals surface area contributed by atoms with Gasteiger partial charge in [-0.3, -0.25) is 0 Å². The molecule has 0 fully saturated rings. The number of fused-ring (bicyclic) bond motifs is 6. The molecule has 8 aromatic rings. The molecule has 0 aliphatic heterocycles. The molecule has 0 N–H and O–H groups in total. The number of nitrogens with zero attached hydrogens (tertiary/aromatic N) is 3. The van der Waals surface area contributed by atoms with E-state index in [2.05, 4.69) is 122 Å². The van der Waals surface area contributed by atoms with Crippen LogP contribution in [-0.2, 0) is 0 Å². The molecule has 1 aromatic heterocycles. The van der Waals surface area contributed by atoms with E-state index in [1.54, 1.807) is 6.08 Å². The Hall–Kier alpha value is -6.45. The van der Waals surface area contributed by atoms with Gasteiger partial charge in [0.25, 0.3) is 0 Å². The Kier molecular flexibility index (Phi) is 7.93. The van der Waals surface area contributed by atoms with Gasteiger partial charge in [0.15, 0.2) is 17.5 Å². The van der Waals surface area contributed by atoms with Crippen LogP contribution in [-0.4, -0.2) is 15.0 Å². The van der Waals surface area contributed by atoms with Gasteiger partial charge in [0, 0.05) is 16.7 Å². The lowest BCUT2D eigenvalue weighted by molar-refractivity contribution is 1.04. The summed E-state index contributed by atoms with van der Waals surface area (Å²) in [6, 6.07) is 51.6. The van der Waals surface area contributed by atoms with Crippen molar-refractivity contribution >= 4 is 37.9 Å². The van der Waals surface area contributed by atoms with E-state index in [1.165, 1.54) is 43.4 Å². The summed E-state index contributed by atoms with van der Waals surface area (Å²) in [5, 5.41) is 7.66. The fourth-order valence-electron chi connectivity index (χ4n) is 6.63. The van der Waals surface area contributed by atoms with Gasteiger partial charge in [-0.05, 0) is 79.7 Å². The van der Waals surface area contributed by atoms with E-state index in [1.807, 2.05) is 55.5 Å². The summed E-state index contributed by atoms with van der Waals surface area (Å²) in [5.41, 5.74) is 7.35. The smallest absolute Gasteiger partial charge is 0.164 e. The van der Waals surface area contributed by atoms with Crippen LogP contribution in [0.4, 0.5) is 0 Å². The van der Waals surface area contributed by atoms with Crippen LogP contribution >= 0.6 is 0 Å². The van der Waals surface area contributed by atoms with E-state index in [-0.39, 0.29) is 0 Å². The summed E-state index contributed by atoms with van der Waals surface area (Å²) >= 11 is 0. The molecular formula is C46H33N3. The van der Waals surface area contributed by atoms with Gasteiger partial charge in [0.2, 0.25) is 0 Å². The topological polar surface area (TPSA) is 38.7 Å². The lowest BCUT2D eigenvalue weighted by Crippen LogP contribution is -2.02. The Labute approximate surface area is 286 Å². The summed E-state index contributed by atoms with van der Waals surface area (Å²) in [4.78, 5) is 14.8. The summed E-state index contributed by atoms with van der Waals surface area (Å²) in [6.07, 6.45) is 7.63. The van der Waals surface area contributed by atoms with Crippen LogP contribution in [0.5, 0.6) is 0 Å². The van der Waals surface area contributed by atoms with E-state index in [0.717, 1.165) is 27.8 Å². The summed E-state index contributed by atoms with van der Waals surface area (Å²) in [7, 11) is 0. The first-order valence-electron chi connectivity index (χ1n) is 16.5. The molecule has 3 heteroatoms. The van der Waals surface area contributed by atoms with Crippen molar-refractivity contribution in [2.75, 3.05) is 0 Å². The van der Waals surface area contributed by atoms with Crippen molar-refractivity contribution in [1.82, 2.24) is 15.0 Å². The van der Waals surface area contributed by atoms with Crippen LogP contribution < -0.4 is 0 Å². The highest BCUT2D eigenvalue weighted by Crippen LogP contribution is 2.38. The Balaban J connectivity index is 1.22. The Morgan fingerprint density at radius 3 is 1.51 bits per heavy atom. The monoisotopic (exact) mass is 627 g/mol. The van der Waals surface area contributed by atoms with Crippen molar-refractivity contribution < 1.29 is 0 Å². The van der Waals surface area contributed by atoms with Gasteiger partial charge in [0.05, 0.1) is 0 Å². The van der Waals surface area contributed by atoms with E-state index in [9.17, 15) is 0 Å². The van der Waals surface area contributed by atoms with Crippen molar-refractivity contribution in [2.45, 2.75) is 6.92 Å². The molecule has 0 spiro atoms. The minimum atomic E-state index is 0.619. The standard InChI is InChI=1S/C46H33N3/c1-3-5-15-31(4-2)44-47-45(32-16-7-6-8-17-32)49-46(48-44)37-21-14-20-35(29-37)33-18-13-19-34(28-33)36-26-27-42-40-24-10-9-22-38(40)39-23-11-12-25-41(39)43(42)30-36/h3-30H,1H2,2H3/b15-5-,31-4+. The van der Waals surface area contributed by atoms with Crippen LogP contribution in [0.2, 0.25) is 0 Å². The fraction of sp³-hybridized carbons (Fsp3) is 0.0217. The average molecular weight is 628 g/mol. The van der Waals surface area contributed by atoms with Crippen molar-refractivity contribution in [3.63, 3.8) is 0 Å². The molecule has 1 heterocycles. The molecule has 3 nitrogen and oxygen atoms in total. The molecule has 7 aromatic carbocycles. The molecule has 0 radical (unpaired) electrons. The first-order chi connectivity index (χ1) is 24.2. The van der Waals surface area contributed by atoms with Crippen LogP contribution in [0.15, 0.2) is 176 Å². The minimum absolute atomic E-state index is 0.619. The normalized spacial score (nSPS) is 11.9. The maximum absolute atomic E-state index is 4.95. The first kappa shape index (κ1) is 29.9. The largest absolute Gasteiger partial charge is 0.208 e. The molecule has 0 atom stereocenters. The van der Waals surface area contributed by atoms with E-state index >= 15 is 0 Å². The lowest BCUT2D eigenvalue weighted by Gasteiger charge is -2.13. The summed E-state index contributed by atoms with van der Waals surface area (Å²) in [5.74, 6) is 1.88. The number of hydrogen-bond donors (Lipinski definition) is 0. The zero-order valence-corrected chi connectivity index (χ0v) is 27.2. The molecule has 8 rings (SSSR count). The van der Waals surface area contributed by atoms with Gasteiger partial charge in [-0.15, -0.1) is 0 Å². The van der Waals surface area contributed by atoms with Crippen molar-refractivity contribution in [3.05, 3.63) is 182 Å². The van der Waals surface area contributed by atoms with Crippen LogP contribution in [0, 0.1) is 0 Å². The highest BCUT2D eigenvalue weighted by molar-refractivity contribution is 6.25. The van der Waals surface area contributed by atoms with E-state index < -0.39 is 0 Å². The number of benzene rings is 7. The average Bonchev–Trinajstić information content (AvgIpc) is 3.18. The van der Waals surface area contributed by atoms with Crippen molar-refractivity contribution in [3.8, 4) is 45.0 Å². The molecule has 49 heavy (non-hydrogen) atoms. The van der Waals surface area contributed by atoms with Gasteiger partial charge in [-0.25, -0.2) is 15.0 Å². The Morgan fingerprint density at radius 1 is 0.449 bits per heavy atom. The predicted octanol–water partition coefficient (Wildman–Crippen LogP) is 12.1. The van der Waals surface area contributed by atoms with E-state index in [4.69, 9.17) is 15.0 Å². The Bertz CT molecular complexity index is 2540. The third-order valence-electron chi connectivity index (χ3n) is 9.04. The van der Waals surface area contributed by atoms with Gasteiger partial charge in [0.1, 0.15) is 0 Å². The zero-order valence-electron chi connectivity index (χ0n) is 27.2. The first-order valence-corrected chi connectivity index (χ1v) is 16.5. The van der Waals surface area contributed by atoms with Gasteiger partial charge >= 0.3 is 0 Å². The predicted molar refractivity (Wildman–Crippen MR) is 207 cm³/mol. The fourth-order valence-corrected chi connectivity index (χ4v) is 6.63. The maximum Gasteiger partial charge on any atom is 0.164 e. The van der Waals surface area contributed by atoms with E-state index in [0.29, 0.717) is 17.5 Å². The maximum atomic E-state index is 4.95. The molecule has 0 unspecified atom stereocenters. The molecule has 0 amide bonds. The molecular weight excluding hydrogens is 595 g/mol. The molecule has 232 valence electrons. The lowest BCUT2D eigenvalue weighted by atomic mass is 9.91. The molecule has 0 saturated heterocycles. The van der Waals surface area contributed by atoms with Crippen molar-refractivity contribution in [2.24, 2.45) is 0 Å². The van der Waals surface area contributed by atoms with Crippen LogP contribution in [0.3, 0.4) is 0 Å². The Morgan fingerprint density at radius 2 is 0.918 bits per heavy atom. The number of aromatic nitrogens is 3. The molecule has 0 saturated carbocycles. The van der Waals surface area contributed by atoms with Gasteiger partial charge < -0.3 is 0 Å². The highest BCUT2D eigenvalue weighted by Gasteiger charge is 2.14. The van der Waals surface area contributed by atoms with Crippen molar-refractivity contribution in [1.29, 1.82) is 0 Å². The van der Waals surface area contributed by atoms with Crippen LogP contribution in [0.25, 0.3) is 82.9 Å². The second-order valence-corrected chi connectivity index (χ2v) is 12.0. The molecule has 0 aliphatic carbocycles.